The van der Waals surface area contributed by atoms with Crippen LogP contribution >= 0.6 is 11.3 Å². The van der Waals surface area contributed by atoms with Crippen LogP contribution in [0.4, 0.5) is 10.7 Å². The number of hydrogen-bond donors (Lipinski definition) is 3. The van der Waals surface area contributed by atoms with E-state index in [0.29, 0.717) is 41.0 Å². The molecule has 2 aliphatic rings. The molecule has 5 aromatic rings. The zero-order valence-electron chi connectivity index (χ0n) is 33.9. The van der Waals surface area contributed by atoms with E-state index < -0.39 is 5.97 Å². The fourth-order valence-electron chi connectivity index (χ4n) is 8.37. The number of fused-ring (bicyclic) bond motifs is 1. The Kier molecular flexibility index (Phi) is 13.7. The van der Waals surface area contributed by atoms with E-state index in [9.17, 15) is 19.2 Å². The predicted octanol–water partition coefficient (Wildman–Crippen LogP) is 10.1. The summed E-state index contributed by atoms with van der Waals surface area (Å²) in [5, 5.41) is 16.0. The van der Waals surface area contributed by atoms with Crippen LogP contribution < -0.4 is 10.6 Å². The number of amides is 2. The third kappa shape index (κ3) is 10.7. The van der Waals surface area contributed by atoms with Gasteiger partial charge in [0, 0.05) is 34.8 Å². The molecular weight excluding hydrogens is 759 g/mol. The van der Waals surface area contributed by atoms with Crippen LogP contribution in [0.3, 0.4) is 0 Å². The number of hydrogen-bond acceptors (Lipinski definition) is 7. The molecule has 0 bridgehead atoms. The number of carbonyl (C=O) groups is 4. The Morgan fingerprint density at radius 1 is 0.729 bits per heavy atom. The summed E-state index contributed by atoms with van der Waals surface area (Å²) in [7, 11) is 0. The summed E-state index contributed by atoms with van der Waals surface area (Å²) in [6.45, 7) is 5.39. The quantitative estimate of drug-likeness (QED) is 0.0899. The van der Waals surface area contributed by atoms with Gasteiger partial charge >= 0.3 is 11.9 Å². The number of ether oxygens (including phenoxy) is 1. The number of carboxylic acid groups (broad SMARTS) is 1. The molecule has 1 heterocycles. The highest BCUT2D eigenvalue weighted by Gasteiger charge is 2.32. The zero-order chi connectivity index (χ0) is 41.3. The minimum Gasteiger partial charge on any atom is -0.478 e. The van der Waals surface area contributed by atoms with Crippen LogP contribution in [-0.4, -0.2) is 45.8 Å². The van der Waals surface area contributed by atoms with Gasteiger partial charge in [-0.1, -0.05) is 66.7 Å². The zero-order valence-corrected chi connectivity index (χ0v) is 34.7. The van der Waals surface area contributed by atoms with Gasteiger partial charge in [-0.2, -0.15) is 0 Å². The van der Waals surface area contributed by atoms with Crippen LogP contribution in [-0.2, 0) is 48.4 Å². The average Bonchev–Trinajstić information content (AvgIpc) is 3.63. The Morgan fingerprint density at radius 3 is 2.07 bits per heavy atom. The molecule has 0 unspecified atom stereocenters. The topological polar surface area (TPSA) is 125 Å². The summed E-state index contributed by atoms with van der Waals surface area (Å²) in [6, 6.07) is 32.9. The van der Waals surface area contributed by atoms with Gasteiger partial charge in [0.2, 0.25) is 0 Å². The first-order valence-corrected chi connectivity index (χ1v) is 21.7. The van der Waals surface area contributed by atoms with Crippen LogP contribution in [0.15, 0.2) is 103 Å². The van der Waals surface area contributed by atoms with Gasteiger partial charge in [0.25, 0.3) is 11.8 Å². The van der Waals surface area contributed by atoms with Gasteiger partial charge < -0.3 is 20.5 Å². The van der Waals surface area contributed by atoms with E-state index in [1.54, 1.807) is 12.1 Å². The Hall–Kier alpha value is -5.58. The fraction of sp³-hybridized carbons (Fsp3) is 0.347. The first kappa shape index (κ1) is 41.6. The molecule has 3 N–H and O–H groups in total. The normalized spacial score (nSPS) is 16.3. The number of esters is 1. The van der Waals surface area contributed by atoms with Gasteiger partial charge in [-0.3, -0.25) is 19.3 Å². The minimum atomic E-state index is -0.936. The lowest BCUT2D eigenvalue weighted by atomic mass is 9.84. The molecule has 0 radical (unpaired) electrons. The first-order valence-electron chi connectivity index (χ1n) is 20.8. The van der Waals surface area contributed by atoms with Crippen molar-refractivity contribution in [2.45, 2.75) is 103 Å². The number of nitrogens with zero attached hydrogens (tertiary/aromatic N) is 1. The highest BCUT2D eigenvalue weighted by Crippen LogP contribution is 2.39. The number of aromatic carboxylic acids is 1. The largest absolute Gasteiger partial charge is 0.478 e. The maximum atomic E-state index is 14.0. The SMILES string of the molecule is CC(C)N(Cc1cccc(C(=O)Nc2sc3c(c2C(=O)Nc2ccc(CCc4ccc(C(=O)O)cc4)cc2)CCCC3)c1)C1CCC(C(=O)OCc2ccccc2)CC1. The summed E-state index contributed by atoms with van der Waals surface area (Å²) < 4.78 is 5.66. The molecule has 1 saturated carbocycles. The van der Waals surface area contributed by atoms with Gasteiger partial charge in [-0.25, -0.2) is 4.79 Å². The maximum absolute atomic E-state index is 14.0. The summed E-state index contributed by atoms with van der Waals surface area (Å²) in [5.41, 5.74) is 7.27. The molecule has 1 fully saturated rings. The second-order valence-electron chi connectivity index (χ2n) is 16.1. The van der Waals surface area contributed by atoms with E-state index in [4.69, 9.17) is 9.84 Å². The monoisotopic (exact) mass is 811 g/mol. The van der Waals surface area contributed by atoms with E-state index in [0.717, 1.165) is 96.9 Å². The Balaban J connectivity index is 0.966. The third-order valence-electron chi connectivity index (χ3n) is 11.7. The van der Waals surface area contributed by atoms with Crippen molar-refractivity contribution >= 4 is 45.8 Å². The smallest absolute Gasteiger partial charge is 0.335 e. The molecule has 2 aliphatic carbocycles. The number of rotatable bonds is 15. The first-order chi connectivity index (χ1) is 28.6. The number of thiophene rings is 1. The molecule has 0 saturated heterocycles. The molecule has 0 aliphatic heterocycles. The summed E-state index contributed by atoms with van der Waals surface area (Å²) in [6.07, 6.45) is 8.71. The molecule has 9 nitrogen and oxygen atoms in total. The Labute approximate surface area is 350 Å². The molecular formula is C49H53N3O6S. The van der Waals surface area contributed by atoms with Gasteiger partial charge in [0.15, 0.2) is 0 Å². The van der Waals surface area contributed by atoms with E-state index in [-0.39, 0.29) is 35.3 Å². The standard InChI is InChI=1S/C49H53N3O6S/c1-32(2)52(41-27-23-38(24-28-41)49(57)58-31-35-9-4-3-5-10-35)30-36-11-8-12-39(29-36)45(53)51-47-44(42-13-6-7-14-43(42)59-47)46(54)50-40-25-19-34(20-26-40)16-15-33-17-21-37(22-18-33)48(55)56/h3-5,8-12,17-22,25-26,29,32,38,41H,6-7,13-16,23-24,27-28,30-31H2,1-2H3,(H,50,54)(H,51,53)(H,55,56). The molecule has 0 spiro atoms. The van der Waals surface area contributed by atoms with Gasteiger partial charge in [-0.05, 0) is 142 Å². The van der Waals surface area contributed by atoms with Crippen molar-refractivity contribution in [2.24, 2.45) is 5.92 Å². The lowest BCUT2D eigenvalue weighted by Gasteiger charge is -2.39. The van der Waals surface area contributed by atoms with E-state index in [2.05, 4.69) is 35.4 Å². The minimum absolute atomic E-state index is 0.0821. The average molecular weight is 812 g/mol. The number of anilines is 2. The molecule has 4 aromatic carbocycles. The maximum Gasteiger partial charge on any atom is 0.335 e. The van der Waals surface area contributed by atoms with E-state index in [1.807, 2.05) is 84.9 Å². The second-order valence-corrected chi connectivity index (χ2v) is 17.2. The second kappa shape index (κ2) is 19.4. The third-order valence-corrected chi connectivity index (χ3v) is 12.9. The number of nitrogens with one attached hydrogen (secondary N) is 2. The Bertz CT molecular complexity index is 2240. The van der Waals surface area contributed by atoms with E-state index >= 15 is 0 Å². The number of benzene rings is 4. The molecule has 306 valence electrons. The van der Waals surface area contributed by atoms with Crippen LogP contribution in [0.1, 0.15) is 116 Å². The van der Waals surface area contributed by atoms with Crippen molar-refractivity contribution in [3.63, 3.8) is 0 Å². The van der Waals surface area contributed by atoms with Gasteiger partial charge in [0.05, 0.1) is 17.0 Å². The summed E-state index contributed by atoms with van der Waals surface area (Å²) in [5.74, 6) is -1.60. The van der Waals surface area contributed by atoms with Crippen LogP contribution in [0.5, 0.6) is 0 Å². The summed E-state index contributed by atoms with van der Waals surface area (Å²) in [4.78, 5) is 55.6. The van der Waals surface area contributed by atoms with Crippen molar-refractivity contribution in [1.29, 1.82) is 0 Å². The molecule has 0 atom stereocenters. The Morgan fingerprint density at radius 2 is 1.39 bits per heavy atom. The van der Waals surface area contributed by atoms with Crippen LogP contribution in [0.2, 0.25) is 0 Å². The molecule has 10 heteroatoms. The lowest BCUT2D eigenvalue weighted by Crippen LogP contribution is -2.42. The molecule has 7 rings (SSSR count). The number of aryl methyl sites for hydroxylation is 3. The lowest BCUT2D eigenvalue weighted by molar-refractivity contribution is -0.151. The van der Waals surface area contributed by atoms with Crippen molar-refractivity contribution in [2.75, 3.05) is 10.6 Å². The van der Waals surface area contributed by atoms with Crippen LogP contribution in [0, 0.1) is 5.92 Å². The molecule has 1 aromatic heterocycles. The van der Waals surface area contributed by atoms with Crippen LogP contribution in [0.25, 0.3) is 0 Å². The highest BCUT2D eigenvalue weighted by atomic mass is 32.1. The van der Waals surface area contributed by atoms with E-state index in [1.165, 1.54) is 11.3 Å². The number of carbonyl (C=O) groups excluding carboxylic acids is 3. The van der Waals surface area contributed by atoms with Gasteiger partial charge in [-0.15, -0.1) is 11.3 Å². The summed E-state index contributed by atoms with van der Waals surface area (Å²) >= 11 is 1.51. The predicted molar refractivity (Wildman–Crippen MR) is 233 cm³/mol. The van der Waals surface area contributed by atoms with Crippen molar-refractivity contribution < 1.29 is 29.0 Å². The number of carboxylic acids is 1. The van der Waals surface area contributed by atoms with Gasteiger partial charge in [0.1, 0.15) is 11.6 Å². The molecule has 2 amide bonds. The highest BCUT2D eigenvalue weighted by molar-refractivity contribution is 7.17. The fourth-order valence-corrected chi connectivity index (χ4v) is 9.65. The van der Waals surface area contributed by atoms with Crippen molar-refractivity contribution in [3.8, 4) is 0 Å². The van der Waals surface area contributed by atoms with Crippen molar-refractivity contribution in [3.05, 3.63) is 153 Å². The van der Waals surface area contributed by atoms with Crippen molar-refractivity contribution in [1.82, 2.24) is 4.90 Å². The molecule has 59 heavy (non-hydrogen) atoms.